The third kappa shape index (κ3) is 12.3. The average Bonchev–Trinajstić information content (AvgIpc) is 3.11. The minimum Gasteiger partial charge on any atom is -0.505 e. The van der Waals surface area contributed by atoms with Crippen LogP contribution < -0.4 is 14.8 Å². The molecule has 0 amide bonds. The number of ether oxygens (including phenoxy) is 2. The van der Waals surface area contributed by atoms with Crippen LogP contribution in [0, 0.1) is 0 Å². The number of hydrogen-bond donors (Lipinski definition) is 3. The van der Waals surface area contributed by atoms with Gasteiger partial charge in [-0.25, -0.2) is 0 Å². The third-order valence-electron chi connectivity index (χ3n) is 8.60. The molecule has 3 aromatic carbocycles. The highest BCUT2D eigenvalue weighted by atomic mass is 79.9. The number of aromatic hydroxyl groups is 2. The lowest BCUT2D eigenvalue weighted by molar-refractivity contribution is 0.268. The highest BCUT2D eigenvalue weighted by Gasteiger charge is 2.20. The number of methoxy groups -OCH3 is 2. The molecule has 3 aromatic rings. The summed E-state index contributed by atoms with van der Waals surface area (Å²) in [4.78, 5) is 9.38. The molecular formula is C38H54Br2N4O4. The van der Waals surface area contributed by atoms with Gasteiger partial charge in [-0.3, -0.25) is 14.8 Å². The van der Waals surface area contributed by atoms with Crippen LogP contribution in [0.5, 0.6) is 23.0 Å². The molecule has 0 unspecified atom stereocenters. The number of nitrogens with zero attached hydrogens (tertiary/aromatic N) is 3. The first kappa shape index (κ1) is 39.6. The maximum atomic E-state index is 10.9. The largest absolute Gasteiger partial charge is 0.505 e. The smallest absolute Gasteiger partial charge is 0.158 e. The zero-order valence-corrected chi connectivity index (χ0v) is 32.3. The van der Waals surface area contributed by atoms with Crippen LogP contribution in [0.15, 0.2) is 62.5 Å². The fraction of sp³-hybridized carbons (Fsp3) is 0.500. The van der Waals surface area contributed by atoms with Gasteiger partial charge in [0.1, 0.15) is 17.2 Å². The molecular weight excluding hydrogens is 736 g/mol. The van der Waals surface area contributed by atoms with Gasteiger partial charge in [0.15, 0.2) is 11.5 Å². The Morgan fingerprint density at radius 3 is 1.77 bits per heavy atom. The first-order valence-electron chi connectivity index (χ1n) is 17.2. The molecule has 0 spiro atoms. The quantitative estimate of drug-likeness (QED) is 0.0382. The average molecular weight is 791 g/mol. The number of hydrogen-bond acceptors (Lipinski definition) is 8. The number of anilines is 1. The first-order chi connectivity index (χ1) is 23.3. The molecule has 0 bridgehead atoms. The summed E-state index contributed by atoms with van der Waals surface area (Å²) >= 11 is 6.93. The predicted molar refractivity (Wildman–Crippen MR) is 207 cm³/mol. The van der Waals surface area contributed by atoms with Gasteiger partial charge in [-0.1, -0.05) is 69.5 Å². The highest BCUT2D eigenvalue weighted by molar-refractivity contribution is 9.11. The van der Waals surface area contributed by atoms with Crippen molar-refractivity contribution in [2.24, 2.45) is 4.99 Å². The molecule has 0 radical (unpaired) electrons. The van der Waals surface area contributed by atoms with Crippen LogP contribution in [0.1, 0.15) is 76.3 Å². The Balaban J connectivity index is 1.37. The van der Waals surface area contributed by atoms with Crippen molar-refractivity contribution in [1.29, 1.82) is 0 Å². The number of phenols is 2. The lowest BCUT2D eigenvalue weighted by atomic mass is 10.1. The van der Waals surface area contributed by atoms with Crippen LogP contribution >= 0.6 is 31.9 Å². The topological polar surface area (TPSA) is 89.8 Å². The van der Waals surface area contributed by atoms with Crippen LogP contribution in [0.4, 0.5) is 11.4 Å². The molecule has 0 heterocycles. The van der Waals surface area contributed by atoms with Gasteiger partial charge in [0.05, 0.1) is 28.9 Å². The van der Waals surface area contributed by atoms with E-state index in [0.717, 1.165) is 102 Å². The Bertz CT molecular complexity index is 1390. The molecule has 3 N–H and O–H groups in total. The lowest BCUT2D eigenvalue weighted by Crippen LogP contribution is -2.24. The molecule has 0 saturated heterocycles. The minimum absolute atomic E-state index is 0.00283. The van der Waals surface area contributed by atoms with Crippen molar-refractivity contribution in [3.05, 3.63) is 68.6 Å². The summed E-state index contributed by atoms with van der Waals surface area (Å²) in [7, 11) is 3.44. The Morgan fingerprint density at radius 2 is 1.23 bits per heavy atom. The number of aliphatic imine (C=N–C) groups is 1. The predicted octanol–water partition coefficient (Wildman–Crippen LogP) is 9.92. The molecule has 0 aliphatic heterocycles. The number of nitrogens with one attached hydrogen (secondary N) is 1. The van der Waals surface area contributed by atoms with Gasteiger partial charge in [-0.2, -0.15) is 0 Å². The van der Waals surface area contributed by atoms with Crippen LogP contribution in [0.25, 0.3) is 0 Å². The van der Waals surface area contributed by atoms with Crippen molar-refractivity contribution >= 4 is 49.4 Å². The fourth-order valence-electron chi connectivity index (χ4n) is 5.71. The van der Waals surface area contributed by atoms with Crippen LogP contribution in [0.2, 0.25) is 0 Å². The van der Waals surface area contributed by atoms with E-state index in [4.69, 9.17) is 9.47 Å². The van der Waals surface area contributed by atoms with Gasteiger partial charge in [0.25, 0.3) is 0 Å². The Morgan fingerprint density at radius 1 is 0.708 bits per heavy atom. The lowest BCUT2D eigenvalue weighted by Gasteiger charge is -2.21. The number of halogens is 2. The van der Waals surface area contributed by atoms with E-state index in [2.05, 4.69) is 90.1 Å². The third-order valence-corrected chi connectivity index (χ3v) is 10.1. The van der Waals surface area contributed by atoms with Gasteiger partial charge in [-0.05, 0) is 102 Å². The molecule has 0 atom stereocenters. The Kier molecular flexibility index (Phi) is 18.2. The molecule has 264 valence electrons. The normalized spacial score (nSPS) is 11.6. The fourth-order valence-corrected chi connectivity index (χ4v) is 6.71. The second-order valence-electron chi connectivity index (χ2n) is 11.9. The Hall–Kier alpha value is -2.79. The summed E-state index contributed by atoms with van der Waals surface area (Å²) in [5.74, 6) is 1.92. The molecule has 48 heavy (non-hydrogen) atoms. The first-order valence-corrected chi connectivity index (χ1v) is 18.8. The van der Waals surface area contributed by atoms with E-state index in [-0.39, 0.29) is 11.5 Å². The van der Waals surface area contributed by atoms with Crippen LogP contribution in [0.3, 0.4) is 0 Å². The van der Waals surface area contributed by atoms with Crippen molar-refractivity contribution < 1.29 is 19.7 Å². The second-order valence-corrected chi connectivity index (χ2v) is 13.5. The standard InChI is InChI=1S/C38H54Br2N4O4/c1-5-43(27-29-19-11-13-21-31(29)47-3)25-17-9-7-15-23-41-35-33(39)38(46)36(34(40)37(35)45)42-24-16-8-10-18-26-44(6-2)28-30-20-12-14-22-32(30)48-4/h11-14,19-23,42,45-46H,5-10,15-18,24-28H2,1-4H3. The van der Waals surface area contributed by atoms with E-state index in [0.29, 0.717) is 26.9 Å². The second kappa shape index (κ2) is 22.0. The molecule has 0 saturated carbocycles. The number of unbranched alkanes of at least 4 members (excludes halogenated alkanes) is 6. The summed E-state index contributed by atoms with van der Waals surface area (Å²) in [6.45, 7) is 10.9. The van der Waals surface area contributed by atoms with Gasteiger partial charge in [0.2, 0.25) is 0 Å². The summed E-state index contributed by atoms with van der Waals surface area (Å²) in [5.41, 5.74) is 3.23. The number of benzene rings is 3. The summed E-state index contributed by atoms with van der Waals surface area (Å²) in [6, 6.07) is 16.4. The van der Waals surface area contributed by atoms with Crippen molar-refractivity contribution in [2.75, 3.05) is 52.3 Å². The highest BCUT2D eigenvalue weighted by Crippen LogP contribution is 2.51. The van der Waals surface area contributed by atoms with E-state index in [1.807, 2.05) is 30.5 Å². The van der Waals surface area contributed by atoms with E-state index in [9.17, 15) is 10.2 Å². The molecule has 0 aliphatic rings. The van der Waals surface area contributed by atoms with Crippen LogP contribution in [-0.4, -0.2) is 73.2 Å². The van der Waals surface area contributed by atoms with E-state index in [1.165, 1.54) is 11.1 Å². The molecule has 3 rings (SSSR count). The van der Waals surface area contributed by atoms with Crippen LogP contribution in [-0.2, 0) is 13.1 Å². The number of rotatable bonds is 23. The van der Waals surface area contributed by atoms with E-state index >= 15 is 0 Å². The molecule has 0 aromatic heterocycles. The Labute approximate surface area is 304 Å². The van der Waals surface area contributed by atoms with Gasteiger partial charge in [-0.15, -0.1) is 0 Å². The van der Waals surface area contributed by atoms with Crippen molar-refractivity contribution in [1.82, 2.24) is 9.80 Å². The van der Waals surface area contributed by atoms with Crippen molar-refractivity contribution in [2.45, 2.75) is 78.3 Å². The van der Waals surface area contributed by atoms with E-state index in [1.54, 1.807) is 14.2 Å². The maximum absolute atomic E-state index is 10.9. The molecule has 8 nitrogen and oxygen atoms in total. The number of phenolic OH excluding ortho intramolecular Hbond substituents is 2. The van der Waals surface area contributed by atoms with Gasteiger partial charge >= 0.3 is 0 Å². The monoisotopic (exact) mass is 788 g/mol. The zero-order valence-electron chi connectivity index (χ0n) is 29.1. The molecule has 0 aliphatic carbocycles. The summed E-state index contributed by atoms with van der Waals surface area (Å²) in [6.07, 6.45) is 10.1. The van der Waals surface area contributed by atoms with E-state index < -0.39 is 0 Å². The minimum atomic E-state index is 0.00283. The SMILES string of the molecule is CCN(CCCCCC=Nc1c(O)c(Br)c(NCCCCCCN(CC)Cc2ccccc2OC)c(O)c1Br)Cc1ccccc1OC. The van der Waals surface area contributed by atoms with Crippen molar-refractivity contribution in [3.63, 3.8) is 0 Å². The zero-order chi connectivity index (χ0) is 34.7. The number of para-hydroxylation sites is 2. The molecule has 0 fully saturated rings. The van der Waals surface area contributed by atoms with Crippen molar-refractivity contribution in [3.8, 4) is 23.0 Å². The van der Waals surface area contributed by atoms with Gasteiger partial charge < -0.3 is 25.0 Å². The molecule has 10 heteroatoms. The summed E-state index contributed by atoms with van der Waals surface area (Å²) in [5, 5.41) is 25.1. The van der Waals surface area contributed by atoms with Gasteiger partial charge in [0, 0.05) is 37.0 Å². The summed E-state index contributed by atoms with van der Waals surface area (Å²) < 4.78 is 11.8. The maximum Gasteiger partial charge on any atom is 0.158 e.